The molecule has 2 amide bonds. The second-order valence-corrected chi connectivity index (χ2v) is 7.45. The summed E-state index contributed by atoms with van der Waals surface area (Å²) in [4.78, 5) is 27.7. The Hall–Kier alpha value is -1.26. The van der Waals surface area contributed by atoms with Gasteiger partial charge in [0, 0.05) is 39.7 Å². The van der Waals surface area contributed by atoms with Crippen molar-refractivity contribution in [1.29, 1.82) is 0 Å². The third-order valence-corrected chi connectivity index (χ3v) is 5.03. The number of β-amino-alcohol motifs (C(OH)–C–C–N with tert-alkyl or cyclic N) is 1. The average Bonchev–Trinajstić information content (AvgIpc) is 2.67. The van der Waals surface area contributed by atoms with E-state index in [0.29, 0.717) is 39.0 Å². The smallest absolute Gasteiger partial charge is 0.239 e. The Morgan fingerprint density at radius 2 is 1.79 bits per heavy atom. The second kappa shape index (κ2) is 13.1. The molecule has 5 N–H and O–H groups in total. The highest BCUT2D eigenvalue weighted by atomic mass is 16.5. The number of aliphatic hydroxyl groups is 3. The number of hydrogen-bond donors (Lipinski definition) is 4. The van der Waals surface area contributed by atoms with Gasteiger partial charge in [-0.2, -0.15) is 0 Å². The predicted molar refractivity (Wildman–Crippen MR) is 104 cm³/mol. The van der Waals surface area contributed by atoms with Gasteiger partial charge >= 0.3 is 0 Å². The molecule has 0 radical (unpaired) electrons. The van der Waals surface area contributed by atoms with Crippen LogP contribution in [-0.2, 0) is 14.3 Å². The standard InChI is InChI=1S/C19H37N3O6/c1-3-4-7-15(20)19(27)21-8-5-6-11-28-13-17(25)18(26)16(24)12-22(10-9-21)14(2)23/h15-18,24-26H,3-13,20H2,1-2H3/t15-,16+,17-,18-/m1/s1. The van der Waals surface area contributed by atoms with Crippen molar-refractivity contribution >= 4 is 11.8 Å². The lowest BCUT2D eigenvalue weighted by Crippen LogP contribution is -2.51. The van der Waals surface area contributed by atoms with Crippen molar-refractivity contribution < 1.29 is 29.6 Å². The zero-order chi connectivity index (χ0) is 21.1. The zero-order valence-electron chi connectivity index (χ0n) is 17.1. The van der Waals surface area contributed by atoms with Gasteiger partial charge in [-0.25, -0.2) is 0 Å². The van der Waals surface area contributed by atoms with Gasteiger partial charge in [-0.3, -0.25) is 9.59 Å². The number of hydrogen-bond acceptors (Lipinski definition) is 7. The molecule has 9 nitrogen and oxygen atoms in total. The first-order chi connectivity index (χ1) is 13.3. The van der Waals surface area contributed by atoms with E-state index in [1.165, 1.54) is 11.8 Å². The van der Waals surface area contributed by atoms with Gasteiger partial charge in [-0.1, -0.05) is 19.8 Å². The minimum Gasteiger partial charge on any atom is -0.388 e. The molecule has 0 aromatic heterocycles. The molecule has 28 heavy (non-hydrogen) atoms. The quantitative estimate of drug-likeness (QED) is 0.476. The summed E-state index contributed by atoms with van der Waals surface area (Å²) >= 11 is 0. The van der Waals surface area contributed by atoms with Crippen molar-refractivity contribution in [3.8, 4) is 0 Å². The molecule has 1 saturated heterocycles. The molecule has 9 heteroatoms. The summed E-state index contributed by atoms with van der Waals surface area (Å²) in [5, 5.41) is 30.2. The van der Waals surface area contributed by atoms with Gasteiger partial charge in [0.05, 0.1) is 12.6 Å². The highest BCUT2D eigenvalue weighted by Crippen LogP contribution is 2.09. The Bertz CT molecular complexity index is 479. The van der Waals surface area contributed by atoms with Crippen molar-refractivity contribution in [2.24, 2.45) is 5.73 Å². The molecule has 1 rings (SSSR count). The first kappa shape index (κ1) is 24.8. The minimum atomic E-state index is -1.43. The molecule has 0 saturated carbocycles. The minimum absolute atomic E-state index is 0.108. The average molecular weight is 404 g/mol. The largest absolute Gasteiger partial charge is 0.388 e. The van der Waals surface area contributed by atoms with Crippen LogP contribution in [0.4, 0.5) is 0 Å². The maximum absolute atomic E-state index is 12.7. The summed E-state index contributed by atoms with van der Waals surface area (Å²) in [6, 6.07) is -0.566. The fourth-order valence-electron chi connectivity index (χ4n) is 3.13. The molecule has 1 aliphatic heterocycles. The summed E-state index contributed by atoms with van der Waals surface area (Å²) in [6.45, 7) is 4.55. The van der Waals surface area contributed by atoms with Crippen LogP contribution in [0.5, 0.6) is 0 Å². The van der Waals surface area contributed by atoms with Gasteiger partial charge in [-0.05, 0) is 19.3 Å². The number of nitrogens with zero attached hydrogens (tertiary/aromatic N) is 2. The number of unbranched alkanes of at least 4 members (excludes halogenated alkanes) is 1. The molecule has 0 aliphatic carbocycles. The monoisotopic (exact) mass is 403 g/mol. The van der Waals surface area contributed by atoms with E-state index in [2.05, 4.69) is 0 Å². The molecule has 1 aliphatic rings. The lowest BCUT2D eigenvalue weighted by atomic mass is 10.1. The molecule has 0 spiro atoms. The van der Waals surface area contributed by atoms with Gasteiger partial charge < -0.3 is 35.6 Å². The second-order valence-electron chi connectivity index (χ2n) is 7.45. The molecule has 164 valence electrons. The number of amides is 2. The third-order valence-electron chi connectivity index (χ3n) is 5.03. The van der Waals surface area contributed by atoms with Crippen LogP contribution in [0, 0.1) is 0 Å². The van der Waals surface area contributed by atoms with Crippen LogP contribution in [0.15, 0.2) is 0 Å². The van der Waals surface area contributed by atoms with E-state index in [9.17, 15) is 24.9 Å². The maximum Gasteiger partial charge on any atom is 0.239 e. The Morgan fingerprint density at radius 3 is 2.43 bits per heavy atom. The molecule has 1 heterocycles. The van der Waals surface area contributed by atoms with Crippen molar-refractivity contribution in [1.82, 2.24) is 9.80 Å². The molecule has 0 unspecified atom stereocenters. The van der Waals surface area contributed by atoms with Gasteiger partial charge in [0.2, 0.25) is 11.8 Å². The van der Waals surface area contributed by atoms with Gasteiger partial charge in [0.1, 0.15) is 18.3 Å². The molecular weight excluding hydrogens is 366 g/mol. The number of ether oxygens (including phenoxy) is 1. The molecule has 1 fully saturated rings. The molecule has 4 atom stereocenters. The van der Waals surface area contributed by atoms with E-state index < -0.39 is 24.4 Å². The number of nitrogens with two attached hydrogens (primary N) is 1. The zero-order valence-corrected chi connectivity index (χ0v) is 17.1. The lowest BCUT2D eigenvalue weighted by molar-refractivity contribution is -0.138. The Labute approximate surface area is 167 Å². The normalized spacial score (nSPS) is 27.1. The predicted octanol–water partition coefficient (Wildman–Crippen LogP) is -0.926. The first-order valence-corrected chi connectivity index (χ1v) is 10.2. The summed E-state index contributed by atoms with van der Waals surface area (Å²) in [7, 11) is 0. The third kappa shape index (κ3) is 8.40. The van der Waals surface area contributed by atoms with E-state index in [-0.39, 0.29) is 31.5 Å². The van der Waals surface area contributed by atoms with Gasteiger partial charge in [0.25, 0.3) is 0 Å². The summed E-state index contributed by atoms with van der Waals surface area (Å²) in [6.07, 6.45) is -0.145. The Kier molecular flexibility index (Phi) is 11.6. The number of rotatable bonds is 4. The van der Waals surface area contributed by atoms with Crippen LogP contribution in [0.2, 0.25) is 0 Å². The van der Waals surface area contributed by atoms with Crippen molar-refractivity contribution in [3.63, 3.8) is 0 Å². The van der Waals surface area contributed by atoms with E-state index in [1.807, 2.05) is 6.92 Å². The Balaban J connectivity index is 2.84. The molecule has 0 bridgehead atoms. The molecule has 0 aromatic carbocycles. The summed E-state index contributed by atoms with van der Waals surface area (Å²) in [5.74, 6) is -0.423. The van der Waals surface area contributed by atoms with E-state index in [4.69, 9.17) is 10.5 Å². The van der Waals surface area contributed by atoms with E-state index in [1.54, 1.807) is 4.90 Å². The topological polar surface area (TPSA) is 137 Å². The number of aliphatic hydroxyl groups excluding tert-OH is 3. The van der Waals surface area contributed by atoms with Crippen LogP contribution >= 0.6 is 0 Å². The SMILES string of the molecule is CCCC[C@@H](N)C(=O)N1CCCCOC[C@@H](O)[C@H](O)[C@@H](O)CN(C(C)=O)CC1. The van der Waals surface area contributed by atoms with Gasteiger partial charge in [0.15, 0.2) is 0 Å². The van der Waals surface area contributed by atoms with Crippen LogP contribution in [0.25, 0.3) is 0 Å². The maximum atomic E-state index is 12.7. The van der Waals surface area contributed by atoms with Crippen molar-refractivity contribution in [2.45, 2.75) is 70.3 Å². The number of carbonyl (C=O) groups excluding carboxylic acids is 2. The Morgan fingerprint density at radius 1 is 1.11 bits per heavy atom. The molecule has 0 aromatic rings. The van der Waals surface area contributed by atoms with Crippen LogP contribution < -0.4 is 5.73 Å². The van der Waals surface area contributed by atoms with E-state index >= 15 is 0 Å². The summed E-state index contributed by atoms with van der Waals surface area (Å²) < 4.78 is 5.35. The van der Waals surface area contributed by atoms with E-state index in [0.717, 1.165) is 12.8 Å². The van der Waals surface area contributed by atoms with Crippen LogP contribution in [0.3, 0.4) is 0 Å². The van der Waals surface area contributed by atoms with Gasteiger partial charge in [-0.15, -0.1) is 0 Å². The van der Waals surface area contributed by atoms with Crippen molar-refractivity contribution in [3.05, 3.63) is 0 Å². The highest BCUT2D eigenvalue weighted by molar-refractivity contribution is 5.81. The van der Waals surface area contributed by atoms with Crippen molar-refractivity contribution in [2.75, 3.05) is 39.4 Å². The fraction of sp³-hybridized carbons (Fsp3) is 0.895. The van der Waals surface area contributed by atoms with Crippen LogP contribution in [0.1, 0.15) is 46.0 Å². The number of carbonyl (C=O) groups is 2. The highest BCUT2D eigenvalue weighted by Gasteiger charge is 2.28. The fourth-order valence-corrected chi connectivity index (χ4v) is 3.13. The summed E-state index contributed by atoms with van der Waals surface area (Å²) in [5.41, 5.74) is 6.05. The van der Waals surface area contributed by atoms with Crippen LogP contribution in [-0.4, -0.2) is 101 Å². The molecular formula is C19H37N3O6. The lowest BCUT2D eigenvalue weighted by Gasteiger charge is -2.32. The first-order valence-electron chi connectivity index (χ1n) is 10.2.